The third-order valence-corrected chi connectivity index (χ3v) is 7.08. The van der Waals surface area contributed by atoms with Crippen LogP contribution in [0.1, 0.15) is 12.6 Å². The first-order valence-electron chi connectivity index (χ1n) is 13.1. The number of nitrogens with zero attached hydrogens (tertiary/aromatic N) is 4. The van der Waals surface area contributed by atoms with Crippen LogP contribution in [0.3, 0.4) is 0 Å². The van der Waals surface area contributed by atoms with Gasteiger partial charge >= 0.3 is 0 Å². The van der Waals surface area contributed by atoms with E-state index in [4.69, 9.17) is 9.97 Å². The van der Waals surface area contributed by atoms with E-state index in [-0.39, 0.29) is 0 Å². The van der Waals surface area contributed by atoms with Crippen molar-refractivity contribution in [3.8, 4) is 23.0 Å². The van der Waals surface area contributed by atoms with Crippen molar-refractivity contribution in [2.75, 3.05) is 0 Å². The Morgan fingerprint density at radius 2 is 1.15 bits per heavy atom. The van der Waals surface area contributed by atoms with Crippen LogP contribution in [0, 0.1) is 0 Å². The monoisotopic (exact) mass is 502 g/mol. The molecule has 0 unspecified atom stereocenters. The lowest BCUT2D eigenvalue weighted by Gasteiger charge is -2.14. The molecule has 0 amide bonds. The second kappa shape index (κ2) is 9.58. The zero-order valence-electron chi connectivity index (χ0n) is 21.6. The first kappa shape index (κ1) is 22.9. The van der Waals surface area contributed by atoms with Crippen molar-refractivity contribution in [2.45, 2.75) is 6.92 Å². The summed E-state index contributed by atoms with van der Waals surface area (Å²) in [5.74, 6) is 2.34. The molecule has 3 aromatic heterocycles. The number of hydrogen-bond acceptors (Lipinski definition) is 2. The number of para-hydroxylation sites is 3. The van der Waals surface area contributed by atoms with Crippen molar-refractivity contribution in [1.82, 2.24) is 19.1 Å². The average molecular weight is 503 g/mol. The van der Waals surface area contributed by atoms with E-state index < -0.39 is 0 Å². The van der Waals surface area contributed by atoms with E-state index in [0.29, 0.717) is 5.82 Å². The lowest BCUT2D eigenvalue weighted by molar-refractivity contribution is 0.972. The van der Waals surface area contributed by atoms with Crippen LogP contribution in [0.25, 0.3) is 61.8 Å². The highest BCUT2D eigenvalue weighted by molar-refractivity contribution is 6.09. The fraction of sp³-hybridized carbons (Fsp3) is 0.0286. The molecule has 0 saturated carbocycles. The second-order valence-electron chi connectivity index (χ2n) is 9.49. The molecule has 7 rings (SSSR count). The van der Waals surface area contributed by atoms with Gasteiger partial charge in [-0.15, -0.1) is 0 Å². The van der Waals surface area contributed by atoms with Crippen molar-refractivity contribution >= 4 is 38.8 Å². The normalized spacial score (nSPS) is 12.0. The van der Waals surface area contributed by atoms with E-state index in [1.165, 1.54) is 10.8 Å². The molecule has 0 atom stereocenters. The average Bonchev–Trinajstić information content (AvgIpc) is 3.53. The van der Waals surface area contributed by atoms with Crippen molar-refractivity contribution in [2.24, 2.45) is 0 Å². The second-order valence-corrected chi connectivity index (χ2v) is 9.49. The van der Waals surface area contributed by atoms with E-state index in [0.717, 1.165) is 44.8 Å². The van der Waals surface area contributed by atoms with Gasteiger partial charge in [0.1, 0.15) is 11.6 Å². The first-order valence-corrected chi connectivity index (χ1v) is 13.1. The van der Waals surface area contributed by atoms with Crippen LogP contribution in [0.5, 0.6) is 0 Å². The Bertz CT molecular complexity index is 1970. The SMILES string of the molecule is C/C=C\C=C/c1cc2ccccc2n1-c1cc(-n2c3ccccc3c3ccccc32)nc(-c2ccccc2)n1. The van der Waals surface area contributed by atoms with Crippen LogP contribution in [0.2, 0.25) is 0 Å². The number of hydrogen-bond donors (Lipinski definition) is 0. The Kier molecular flexibility index (Phi) is 5.64. The molecular weight excluding hydrogens is 476 g/mol. The van der Waals surface area contributed by atoms with Gasteiger partial charge in [-0.2, -0.15) is 0 Å². The minimum atomic E-state index is 0.686. The summed E-state index contributed by atoms with van der Waals surface area (Å²) in [6, 6.07) is 40.0. The predicted octanol–water partition coefficient (Wildman–Crippen LogP) is 8.77. The van der Waals surface area contributed by atoms with E-state index in [1.807, 2.05) is 37.3 Å². The highest BCUT2D eigenvalue weighted by Crippen LogP contribution is 2.33. The summed E-state index contributed by atoms with van der Waals surface area (Å²) in [4.78, 5) is 10.3. The molecular formula is C35H26N4. The Hall–Kier alpha value is -5.22. The summed E-state index contributed by atoms with van der Waals surface area (Å²) in [6.45, 7) is 2.02. The van der Waals surface area contributed by atoms with E-state index in [2.05, 4.69) is 118 Å². The standard InChI is InChI=1S/C35H26N4/c1-2-3-5-17-27-23-26-16-8-11-20-30(26)38(27)33-24-34(37-35(36-33)25-14-6-4-7-15-25)39-31-21-12-9-18-28(31)29-19-10-13-22-32(29)39/h2-24H,1H3/b3-2-,17-5-. The minimum Gasteiger partial charge on any atom is -0.294 e. The Balaban J connectivity index is 1.57. The zero-order valence-corrected chi connectivity index (χ0v) is 21.6. The molecule has 0 aliphatic rings. The molecule has 0 aliphatic heterocycles. The molecule has 4 aromatic carbocycles. The van der Waals surface area contributed by atoms with Gasteiger partial charge in [-0.1, -0.05) is 103 Å². The van der Waals surface area contributed by atoms with E-state index in [9.17, 15) is 0 Å². The quantitative estimate of drug-likeness (QED) is 0.221. The molecule has 0 fully saturated rings. The largest absolute Gasteiger partial charge is 0.294 e. The topological polar surface area (TPSA) is 35.6 Å². The van der Waals surface area contributed by atoms with Gasteiger partial charge in [0.05, 0.1) is 16.6 Å². The summed E-state index contributed by atoms with van der Waals surface area (Å²) in [5, 5.41) is 3.57. The summed E-state index contributed by atoms with van der Waals surface area (Å²) >= 11 is 0. The summed E-state index contributed by atoms with van der Waals surface area (Å²) in [6.07, 6.45) is 8.27. The zero-order chi connectivity index (χ0) is 26.2. The van der Waals surface area contributed by atoms with Crippen LogP contribution < -0.4 is 0 Å². The van der Waals surface area contributed by atoms with Gasteiger partial charge in [-0.25, -0.2) is 9.97 Å². The Labute approximate surface area is 226 Å². The highest BCUT2D eigenvalue weighted by Gasteiger charge is 2.18. The lowest BCUT2D eigenvalue weighted by Crippen LogP contribution is -2.07. The predicted molar refractivity (Wildman–Crippen MR) is 162 cm³/mol. The van der Waals surface area contributed by atoms with Crippen LogP contribution in [-0.4, -0.2) is 19.1 Å². The number of fused-ring (bicyclic) bond motifs is 4. The molecule has 4 heteroatoms. The van der Waals surface area contributed by atoms with Crippen molar-refractivity contribution < 1.29 is 0 Å². The van der Waals surface area contributed by atoms with Gasteiger partial charge in [0.2, 0.25) is 0 Å². The minimum absolute atomic E-state index is 0.686. The van der Waals surface area contributed by atoms with Gasteiger partial charge in [0.15, 0.2) is 5.82 Å². The number of aromatic nitrogens is 4. The number of rotatable bonds is 5. The third-order valence-electron chi connectivity index (χ3n) is 7.08. The van der Waals surface area contributed by atoms with Crippen LogP contribution in [0.15, 0.2) is 133 Å². The maximum Gasteiger partial charge on any atom is 0.163 e. The lowest BCUT2D eigenvalue weighted by atomic mass is 10.2. The molecule has 186 valence electrons. The molecule has 0 aliphatic carbocycles. The van der Waals surface area contributed by atoms with Gasteiger partial charge in [0.25, 0.3) is 0 Å². The number of allylic oxidation sites excluding steroid dienone is 3. The highest BCUT2D eigenvalue weighted by atomic mass is 15.1. The molecule has 3 heterocycles. The molecule has 0 saturated heterocycles. The smallest absolute Gasteiger partial charge is 0.163 e. The van der Waals surface area contributed by atoms with Gasteiger partial charge < -0.3 is 0 Å². The molecule has 7 aromatic rings. The van der Waals surface area contributed by atoms with Crippen LogP contribution >= 0.6 is 0 Å². The molecule has 39 heavy (non-hydrogen) atoms. The Morgan fingerprint density at radius 1 is 0.564 bits per heavy atom. The molecule has 0 bridgehead atoms. The number of benzene rings is 4. The van der Waals surface area contributed by atoms with E-state index in [1.54, 1.807) is 0 Å². The van der Waals surface area contributed by atoms with Crippen molar-refractivity contribution in [3.05, 3.63) is 139 Å². The van der Waals surface area contributed by atoms with Crippen LogP contribution in [-0.2, 0) is 0 Å². The van der Waals surface area contributed by atoms with Crippen molar-refractivity contribution in [1.29, 1.82) is 0 Å². The molecule has 0 spiro atoms. The third kappa shape index (κ3) is 3.94. The van der Waals surface area contributed by atoms with Crippen molar-refractivity contribution in [3.63, 3.8) is 0 Å². The van der Waals surface area contributed by atoms with E-state index >= 15 is 0 Å². The first-order chi connectivity index (χ1) is 19.3. The molecule has 0 N–H and O–H groups in total. The maximum absolute atomic E-state index is 5.15. The van der Waals surface area contributed by atoms with Gasteiger partial charge in [-0.05, 0) is 37.3 Å². The van der Waals surface area contributed by atoms with Gasteiger partial charge in [0, 0.05) is 33.5 Å². The summed E-state index contributed by atoms with van der Waals surface area (Å²) in [5.41, 5.74) is 5.37. The fourth-order valence-electron chi connectivity index (χ4n) is 5.36. The fourth-order valence-corrected chi connectivity index (χ4v) is 5.36. The van der Waals surface area contributed by atoms with Gasteiger partial charge in [-0.3, -0.25) is 9.13 Å². The molecule has 0 radical (unpaired) electrons. The Morgan fingerprint density at radius 3 is 1.85 bits per heavy atom. The maximum atomic E-state index is 5.15. The van der Waals surface area contributed by atoms with Crippen LogP contribution in [0.4, 0.5) is 0 Å². The molecule has 4 nitrogen and oxygen atoms in total. The summed E-state index contributed by atoms with van der Waals surface area (Å²) < 4.78 is 4.48. The summed E-state index contributed by atoms with van der Waals surface area (Å²) in [7, 11) is 0.